The van der Waals surface area contributed by atoms with Crippen molar-refractivity contribution < 1.29 is 17.6 Å². The largest absolute Gasteiger partial charge is 0.323 e. The van der Waals surface area contributed by atoms with Crippen LogP contribution in [-0.4, -0.2) is 21.4 Å². The Balaban J connectivity index is 2.03. The maximum Gasteiger partial charge on any atom is 0.248 e. The SMILES string of the molecule is CNS(=O)(=O)c1ccc(NC(=O)/C=C/c2cccc(F)c2)cc1. The summed E-state index contributed by atoms with van der Waals surface area (Å²) in [5, 5.41) is 2.59. The van der Waals surface area contributed by atoms with Crippen LogP contribution in [0, 0.1) is 5.82 Å². The highest BCUT2D eigenvalue weighted by Crippen LogP contribution is 2.14. The molecule has 0 atom stereocenters. The molecule has 23 heavy (non-hydrogen) atoms. The fourth-order valence-corrected chi connectivity index (χ4v) is 2.53. The number of sulfonamides is 1. The van der Waals surface area contributed by atoms with Crippen LogP contribution in [0.4, 0.5) is 10.1 Å². The minimum Gasteiger partial charge on any atom is -0.323 e. The first-order chi connectivity index (χ1) is 10.9. The molecule has 0 aliphatic rings. The van der Waals surface area contributed by atoms with Crippen molar-refractivity contribution in [3.63, 3.8) is 0 Å². The van der Waals surface area contributed by atoms with Gasteiger partial charge < -0.3 is 5.32 Å². The maximum atomic E-state index is 13.0. The number of carbonyl (C=O) groups excluding carboxylic acids is 1. The number of hydrogen-bond acceptors (Lipinski definition) is 3. The van der Waals surface area contributed by atoms with E-state index in [1.807, 2.05) is 0 Å². The summed E-state index contributed by atoms with van der Waals surface area (Å²) in [6.45, 7) is 0. The highest BCUT2D eigenvalue weighted by molar-refractivity contribution is 7.89. The second-order valence-electron chi connectivity index (χ2n) is 4.61. The van der Waals surface area contributed by atoms with E-state index in [4.69, 9.17) is 0 Å². The van der Waals surface area contributed by atoms with Crippen molar-refractivity contribution in [1.82, 2.24) is 4.72 Å². The van der Waals surface area contributed by atoms with E-state index in [1.54, 1.807) is 12.1 Å². The molecule has 2 N–H and O–H groups in total. The summed E-state index contributed by atoms with van der Waals surface area (Å²) in [6, 6.07) is 11.6. The molecule has 0 aliphatic heterocycles. The Morgan fingerprint density at radius 1 is 1.13 bits per heavy atom. The van der Waals surface area contributed by atoms with Gasteiger partial charge in [-0.15, -0.1) is 0 Å². The maximum absolute atomic E-state index is 13.0. The Morgan fingerprint density at radius 3 is 2.43 bits per heavy atom. The second kappa shape index (κ2) is 7.17. The monoisotopic (exact) mass is 334 g/mol. The molecule has 0 fully saturated rings. The van der Waals surface area contributed by atoms with E-state index in [9.17, 15) is 17.6 Å². The number of carbonyl (C=O) groups is 1. The fourth-order valence-electron chi connectivity index (χ4n) is 1.80. The lowest BCUT2D eigenvalue weighted by molar-refractivity contribution is -0.111. The van der Waals surface area contributed by atoms with Gasteiger partial charge in [0.05, 0.1) is 4.90 Å². The minimum atomic E-state index is -3.51. The van der Waals surface area contributed by atoms with Crippen LogP contribution < -0.4 is 10.0 Å². The highest BCUT2D eigenvalue weighted by Gasteiger charge is 2.10. The van der Waals surface area contributed by atoms with E-state index in [0.717, 1.165) is 0 Å². The van der Waals surface area contributed by atoms with Crippen molar-refractivity contribution in [1.29, 1.82) is 0 Å². The van der Waals surface area contributed by atoms with Crippen molar-refractivity contribution in [2.24, 2.45) is 0 Å². The second-order valence-corrected chi connectivity index (χ2v) is 6.50. The van der Waals surface area contributed by atoms with Crippen molar-refractivity contribution in [2.45, 2.75) is 4.90 Å². The smallest absolute Gasteiger partial charge is 0.248 e. The van der Waals surface area contributed by atoms with E-state index >= 15 is 0 Å². The van der Waals surface area contributed by atoms with Crippen molar-refractivity contribution in [2.75, 3.05) is 12.4 Å². The van der Waals surface area contributed by atoms with Gasteiger partial charge in [-0.25, -0.2) is 17.5 Å². The van der Waals surface area contributed by atoms with Crippen LogP contribution >= 0.6 is 0 Å². The van der Waals surface area contributed by atoms with Gasteiger partial charge in [-0.2, -0.15) is 0 Å². The number of hydrogen-bond donors (Lipinski definition) is 2. The number of amides is 1. The lowest BCUT2D eigenvalue weighted by Gasteiger charge is -2.05. The summed E-state index contributed by atoms with van der Waals surface area (Å²) in [5.74, 6) is -0.785. The van der Waals surface area contributed by atoms with Gasteiger partial charge in [0.1, 0.15) is 5.82 Å². The summed E-state index contributed by atoms with van der Waals surface area (Å²) in [4.78, 5) is 11.9. The summed E-state index contributed by atoms with van der Waals surface area (Å²) in [7, 11) is -2.18. The first kappa shape index (κ1) is 16.9. The van der Waals surface area contributed by atoms with Crippen LogP contribution in [0.3, 0.4) is 0 Å². The molecular formula is C16H15FN2O3S. The van der Waals surface area contributed by atoms with Crippen LogP contribution in [0.1, 0.15) is 5.56 Å². The van der Waals surface area contributed by atoms with Gasteiger partial charge in [-0.3, -0.25) is 4.79 Å². The Morgan fingerprint density at radius 2 is 1.83 bits per heavy atom. The molecular weight excluding hydrogens is 319 g/mol. The Bertz CT molecular complexity index is 831. The molecule has 1 amide bonds. The van der Waals surface area contributed by atoms with E-state index in [0.29, 0.717) is 11.3 Å². The van der Waals surface area contributed by atoms with Crippen LogP contribution in [0.15, 0.2) is 59.5 Å². The summed E-state index contributed by atoms with van der Waals surface area (Å²) in [6.07, 6.45) is 2.76. The van der Waals surface area contributed by atoms with E-state index in [-0.39, 0.29) is 10.7 Å². The third-order valence-corrected chi connectivity index (χ3v) is 4.41. The predicted octanol–water partition coefficient (Wildman–Crippen LogP) is 2.39. The van der Waals surface area contributed by atoms with E-state index in [2.05, 4.69) is 10.0 Å². The van der Waals surface area contributed by atoms with Crippen molar-refractivity contribution >= 4 is 27.7 Å². The number of nitrogens with one attached hydrogen (secondary N) is 2. The van der Waals surface area contributed by atoms with Gasteiger partial charge in [0.2, 0.25) is 15.9 Å². The number of rotatable bonds is 5. The molecule has 0 bridgehead atoms. The normalized spacial score (nSPS) is 11.6. The molecule has 5 nitrogen and oxygen atoms in total. The first-order valence-corrected chi connectivity index (χ1v) is 8.17. The molecule has 0 saturated carbocycles. The number of anilines is 1. The van der Waals surface area contributed by atoms with Gasteiger partial charge in [-0.05, 0) is 55.1 Å². The third kappa shape index (κ3) is 4.73. The molecule has 0 radical (unpaired) electrons. The standard InChI is InChI=1S/C16H15FN2O3S/c1-18-23(21,22)15-8-6-14(7-9-15)19-16(20)10-5-12-3-2-4-13(17)11-12/h2-11,18H,1H3,(H,19,20)/b10-5+. The minimum absolute atomic E-state index is 0.105. The quantitative estimate of drug-likeness (QED) is 0.825. The van der Waals surface area contributed by atoms with Gasteiger partial charge in [0.15, 0.2) is 0 Å². The zero-order valence-corrected chi connectivity index (χ0v) is 13.1. The Labute approximate surface area is 133 Å². The van der Waals surface area contributed by atoms with E-state index in [1.165, 1.54) is 55.6 Å². The van der Waals surface area contributed by atoms with Crippen LogP contribution in [-0.2, 0) is 14.8 Å². The summed E-state index contributed by atoms with van der Waals surface area (Å²) < 4.78 is 38.4. The predicted molar refractivity (Wildman–Crippen MR) is 86.8 cm³/mol. The average molecular weight is 334 g/mol. The summed E-state index contributed by atoms with van der Waals surface area (Å²) >= 11 is 0. The van der Waals surface area contributed by atoms with Gasteiger partial charge in [-0.1, -0.05) is 12.1 Å². The third-order valence-electron chi connectivity index (χ3n) is 2.98. The van der Waals surface area contributed by atoms with E-state index < -0.39 is 15.9 Å². The molecule has 0 spiro atoms. The van der Waals surface area contributed by atoms with Gasteiger partial charge in [0.25, 0.3) is 0 Å². The molecule has 0 heterocycles. The Hall–Kier alpha value is -2.51. The van der Waals surface area contributed by atoms with Crippen molar-refractivity contribution in [3.05, 3.63) is 66.0 Å². The van der Waals surface area contributed by atoms with Crippen LogP contribution in [0.5, 0.6) is 0 Å². The molecule has 120 valence electrons. The molecule has 2 aromatic carbocycles. The average Bonchev–Trinajstić information content (AvgIpc) is 2.53. The zero-order valence-electron chi connectivity index (χ0n) is 12.3. The van der Waals surface area contributed by atoms with Gasteiger partial charge in [0, 0.05) is 11.8 Å². The summed E-state index contributed by atoms with van der Waals surface area (Å²) in [5.41, 5.74) is 1.02. The molecule has 0 unspecified atom stereocenters. The lowest BCUT2D eigenvalue weighted by atomic mass is 10.2. The van der Waals surface area contributed by atoms with Crippen molar-refractivity contribution in [3.8, 4) is 0 Å². The molecule has 0 saturated heterocycles. The van der Waals surface area contributed by atoms with Crippen LogP contribution in [0.2, 0.25) is 0 Å². The van der Waals surface area contributed by atoms with Gasteiger partial charge >= 0.3 is 0 Å². The molecule has 2 rings (SSSR count). The Kier molecular flexibility index (Phi) is 5.25. The zero-order chi connectivity index (χ0) is 16.9. The topological polar surface area (TPSA) is 75.3 Å². The number of halogens is 1. The van der Waals surface area contributed by atoms with Crippen LogP contribution in [0.25, 0.3) is 6.08 Å². The fraction of sp³-hybridized carbons (Fsp3) is 0.0625. The first-order valence-electron chi connectivity index (χ1n) is 6.69. The number of benzene rings is 2. The highest BCUT2D eigenvalue weighted by atomic mass is 32.2. The molecule has 0 aromatic heterocycles. The molecule has 7 heteroatoms. The molecule has 0 aliphatic carbocycles. The lowest BCUT2D eigenvalue weighted by Crippen LogP contribution is -2.18. The molecule has 2 aromatic rings.